The van der Waals surface area contributed by atoms with Crippen molar-refractivity contribution in [2.45, 2.75) is 0 Å². The Morgan fingerprint density at radius 1 is 1.11 bits per heavy atom. The van der Waals surface area contributed by atoms with Gasteiger partial charge in [-0.15, -0.1) is 0 Å². The number of hydrogen-bond donors (Lipinski definition) is 1. The van der Waals surface area contributed by atoms with Gasteiger partial charge in [0.1, 0.15) is 5.75 Å². The number of rotatable bonds is 2. The first-order valence-electron chi connectivity index (χ1n) is 4.98. The molecule has 0 unspecified atom stereocenters. The molecule has 0 spiro atoms. The van der Waals surface area contributed by atoms with Crippen molar-refractivity contribution in [1.82, 2.24) is 0 Å². The Balaban J connectivity index is 2.84. The van der Waals surface area contributed by atoms with Crippen molar-refractivity contribution in [2.75, 3.05) is 0 Å². The van der Waals surface area contributed by atoms with E-state index in [9.17, 15) is 14.3 Å². The van der Waals surface area contributed by atoms with E-state index in [0.717, 1.165) is 0 Å². The molecule has 0 saturated carbocycles. The van der Waals surface area contributed by atoms with E-state index in [1.54, 1.807) is 30.3 Å². The molecule has 18 heavy (non-hydrogen) atoms. The SMILES string of the molecule is O=Cc1c(O)c(-c2ccccc2)c(F)c(Cl)c1Cl. The summed E-state index contributed by atoms with van der Waals surface area (Å²) in [6.45, 7) is 0. The van der Waals surface area contributed by atoms with Gasteiger partial charge in [0.15, 0.2) is 12.1 Å². The van der Waals surface area contributed by atoms with Crippen LogP contribution in [0.1, 0.15) is 10.4 Å². The largest absolute Gasteiger partial charge is 0.506 e. The average molecular weight is 285 g/mol. The van der Waals surface area contributed by atoms with Crippen LogP contribution in [0, 0.1) is 5.82 Å². The van der Waals surface area contributed by atoms with Crippen LogP contribution in [0.15, 0.2) is 30.3 Å². The molecule has 0 radical (unpaired) electrons. The van der Waals surface area contributed by atoms with Gasteiger partial charge in [-0.25, -0.2) is 4.39 Å². The Labute approximate surface area is 113 Å². The number of hydrogen-bond acceptors (Lipinski definition) is 2. The van der Waals surface area contributed by atoms with Crippen LogP contribution in [-0.2, 0) is 0 Å². The number of phenols is 1. The Morgan fingerprint density at radius 2 is 1.72 bits per heavy atom. The number of aromatic hydroxyl groups is 1. The second-order valence-electron chi connectivity index (χ2n) is 3.56. The summed E-state index contributed by atoms with van der Waals surface area (Å²) in [5.41, 5.74) is 0.0585. The van der Waals surface area contributed by atoms with Crippen LogP contribution in [0.25, 0.3) is 11.1 Å². The first-order valence-corrected chi connectivity index (χ1v) is 5.73. The van der Waals surface area contributed by atoms with Gasteiger partial charge in [-0.05, 0) is 5.56 Å². The van der Waals surface area contributed by atoms with Gasteiger partial charge in [-0.1, -0.05) is 53.5 Å². The second kappa shape index (κ2) is 4.96. The van der Waals surface area contributed by atoms with Crippen LogP contribution in [0.4, 0.5) is 4.39 Å². The molecule has 92 valence electrons. The normalized spacial score (nSPS) is 10.4. The lowest BCUT2D eigenvalue weighted by molar-refractivity contribution is 0.112. The molecular weight excluding hydrogens is 278 g/mol. The summed E-state index contributed by atoms with van der Waals surface area (Å²) in [4.78, 5) is 10.9. The van der Waals surface area contributed by atoms with E-state index in [0.29, 0.717) is 11.8 Å². The van der Waals surface area contributed by atoms with E-state index < -0.39 is 11.6 Å². The van der Waals surface area contributed by atoms with Crippen molar-refractivity contribution in [3.8, 4) is 16.9 Å². The summed E-state index contributed by atoms with van der Waals surface area (Å²) in [5.74, 6) is -1.36. The standard InChI is InChI=1S/C13H7Cl2FO2/c14-10-8(6-17)13(18)9(12(16)11(10)15)7-4-2-1-3-5-7/h1-6,18H. The highest BCUT2D eigenvalue weighted by Gasteiger charge is 2.22. The molecule has 0 aliphatic carbocycles. The van der Waals surface area contributed by atoms with Crippen molar-refractivity contribution < 1.29 is 14.3 Å². The van der Waals surface area contributed by atoms with E-state index in [1.807, 2.05) is 0 Å². The lowest BCUT2D eigenvalue weighted by Crippen LogP contribution is -1.94. The van der Waals surface area contributed by atoms with Crippen LogP contribution >= 0.6 is 23.2 Å². The molecule has 0 saturated heterocycles. The lowest BCUT2D eigenvalue weighted by Gasteiger charge is -2.11. The molecule has 2 aromatic carbocycles. The molecule has 2 rings (SSSR count). The van der Waals surface area contributed by atoms with Crippen LogP contribution < -0.4 is 0 Å². The smallest absolute Gasteiger partial charge is 0.155 e. The van der Waals surface area contributed by atoms with E-state index in [-0.39, 0.29) is 21.2 Å². The molecular formula is C13H7Cl2FO2. The number of benzene rings is 2. The van der Waals surface area contributed by atoms with Crippen molar-refractivity contribution >= 4 is 29.5 Å². The number of aldehydes is 1. The van der Waals surface area contributed by atoms with Gasteiger partial charge in [0.2, 0.25) is 0 Å². The monoisotopic (exact) mass is 284 g/mol. The average Bonchev–Trinajstić information content (AvgIpc) is 2.38. The molecule has 0 aromatic heterocycles. The van der Waals surface area contributed by atoms with Gasteiger partial charge in [-0.2, -0.15) is 0 Å². The summed E-state index contributed by atoms with van der Waals surface area (Å²) in [5, 5.41) is 9.24. The fourth-order valence-electron chi connectivity index (χ4n) is 1.64. The van der Waals surface area contributed by atoms with Gasteiger partial charge in [0.05, 0.1) is 21.2 Å². The van der Waals surface area contributed by atoms with Crippen molar-refractivity contribution in [2.24, 2.45) is 0 Å². The highest BCUT2D eigenvalue weighted by Crippen LogP contribution is 2.42. The molecule has 0 fully saturated rings. The molecule has 0 heterocycles. The minimum absolute atomic E-state index is 0.132. The van der Waals surface area contributed by atoms with Crippen LogP contribution in [0.5, 0.6) is 5.75 Å². The Hall–Kier alpha value is -1.58. The van der Waals surface area contributed by atoms with E-state index in [1.165, 1.54) is 0 Å². The summed E-state index contributed by atoms with van der Waals surface area (Å²) in [6.07, 6.45) is 0.343. The van der Waals surface area contributed by atoms with Crippen LogP contribution in [0.2, 0.25) is 10.0 Å². The van der Waals surface area contributed by atoms with Crippen LogP contribution in [-0.4, -0.2) is 11.4 Å². The summed E-state index contributed by atoms with van der Waals surface area (Å²) < 4.78 is 14.0. The Bertz CT molecular complexity index is 612. The Kier molecular flexibility index (Phi) is 3.55. The van der Waals surface area contributed by atoms with Crippen LogP contribution in [0.3, 0.4) is 0 Å². The number of halogens is 3. The zero-order chi connectivity index (χ0) is 13.3. The summed E-state index contributed by atoms with van der Waals surface area (Å²) in [6, 6.07) is 8.29. The molecule has 5 heteroatoms. The number of carbonyl (C=O) groups excluding carboxylic acids is 1. The summed E-state index contributed by atoms with van der Waals surface area (Å²) >= 11 is 11.4. The molecule has 0 aliphatic heterocycles. The van der Waals surface area contributed by atoms with E-state index in [4.69, 9.17) is 23.2 Å². The quantitative estimate of drug-likeness (QED) is 0.659. The predicted octanol–water partition coefficient (Wildman–Crippen LogP) is 4.32. The molecule has 1 N–H and O–H groups in total. The summed E-state index contributed by atoms with van der Waals surface area (Å²) in [7, 11) is 0. The number of carbonyl (C=O) groups is 1. The third kappa shape index (κ3) is 1.96. The zero-order valence-corrected chi connectivity index (χ0v) is 10.5. The molecule has 0 amide bonds. The molecule has 2 aromatic rings. The minimum Gasteiger partial charge on any atom is -0.506 e. The topological polar surface area (TPSA) is 37.3 Å². The van der Waals surface area contributed by atoms with Crippen molar-refractivity contribution in [1.29, 1.82) is 0 Å². The second-order valence-corrected chi connectivity index (χ2v) is 4.32. The van der Waals surface area contributed by atoms with Crippen molar-refractivity contribution in [3.63, 3.8) is 0 Å². The molecule has 0 aliphatic rings. The highest BCUT2D eigenvalue weighted by molar-refractivity contribution is 6.44. The maximum absolute atomic E-state index is 14.0. The zero-order valence-electron chi connectivity index (χ0n) is 8.95. The van der Waals surface area contributed by atoms with E-state index >= 15 is 0 Å². The lowest BCUT2D eigenvalue weighted by atomic mass is 10.0. The fourth-order valence-corrected chi connectivity index (χ4v) is 2.06. The third-order valence-corrected chi connectivity index (χ3v) is 3.36. The number of phenolic OH excluding ortho intramolecular Hbond substituents is 1. The first-order chi connectivity index (χ1) is 8.57. The minimum atomic E-state index is -0.851. The maximum Gasteiger partial charge on any atom is 0.155 e. The van der Waals surface area contributed by atoms with Gasteiger partial charge >= 0.3 is 0 Å². The highest BCUT2D eigenvalue weighted by atomic mass is 35.5. The van der Waals surface area contributed by atoms with Gasteiger partial charge in [-0.3, -0.25) is 4.79 Å². The first kappa shape index (κ1) is 12.9. The maximum atomic E-state index is 14.0. The van der Waals surface area contributed by atoms with Gasteiger partial charge in [0, 0.05) is 0 Å². The van der Waals surface area contributed by atoms with E-state index in [2.05, 4.69) is 0 Å². The molecule has 2 nitrogen and oxygen atoms in total. The predicted molar refractivity (Wildman–Crippen MR) is 68.9 cm³/mol. The van der Waals surface area contributed by atoms with Crippen molar-refractivity contribution in [3.05, 3.63) is 51.8 Å². The Morgan fingerprint density at radius 3 is 2.28 bits per heavy atom. The fraction of sp³-hybridized carbons (Fsp3) is 0. The molecule has 0 bridgehead atoms. The van der Waals surface area contributed by atoms with Gasteiger partial charge < -0.3 is 5.11 Å². The third-order valence-electron chi connectivity index (χ3n) is 2.51. The molecule has 0 atom stereocenters. The van der Waals surface area contributed by atoms with Gasteiger partial charge in [0.25, 0.3) is 0 Å².